The molecule has 0 radical (unpaired) electrons. The highest BCUT2D eigenvalue weighted by Crippen LogP contribution is 2.16. The topological polar surface area (TPSA) is 61.6 Å². The van der Waals surface area contributed by atoms with Crippen LogP contribution in [0.2, 0.25) is 0 Å². The minimum atomic E-state index is -0.00860. The number of nitrogens with one attached hydrogen (secondary N) is 1. The Balaban J connectivity index is 2.60. The van der Waals surface area contributed by atoms with Crippen molar-refractivity contribution in [2.24, 2.45) is 0 Å². The van der Waals surface area contributed by atoms with Gasteiger partial charge in [-0.05, 0) is 52.2 Å². The van der Waals surface area contributed by atoms with E-state index in [1.54, 1.807) is 6.07 Å². The number of benzene rings is 1. The molecule has 1 amide bonds. The minimum Gasteiger partial charge on any atom is -0.398 e. The van der Waals surface area contributed by atoms with Gasteiger partial charge in [0.15, 0.2) is 0 Å². The third-order valence-electron chi connectivity index (χ3n) is 3.57. The molecule has 1 unspecified atom stereocenters. The second-order valence-electron chi connectivity index (χ2n) is 5.79. The maximum Gasteiger partial charge on any atom is 0.238 e. The maximum absolute atomic E-state index is 12.2. The van der Waals surface area contributed by atoms with Crippen LogP contribution in [0, 0.1) is 6.92 Å². The molecule has 0 aliphatic heterocycles. The average molecular weight is 292 g/mol. The first kappa shape index (κ1) is 17.5. The molecule has 0 heterocycles. The molecular formula is C16H28N4O. The van der Waals surface area contributed by atoms with Crippen molar-refractivity contribution in [3.05, 3.63) is 23.8 Å². The van der Waals surface area contributed by atoms with Gasteiger partial charge in [0, 0.05) is 24.0 Å². The van der Waals surface area contributed by atoms with Crippen LogP contribution in [0.25, 0.3) is 0 Å². The molecule has 5 nitrogen and oxygen atoms in total. The van der Waals surface area contributed by atoms with E-state index in [1.165, 1.54) is 0 Å². The third kappa shape index (κ3) is 5.73. The van der Waals surface area contributed by atoms with Crippen molar-refractivity contribution in [1.29, 1.82) is 0 Å². The van der Waals surface area contributed by atoms with E-state index in [-0.39, 0.29) is 5.91 Å². The van der Waals surface area contributed by atoms with Crippen molar-refractivity contribution in [2.75, 3.05) is 44.8 Å². The molecule has 0 aliphatic carbocycles. The molecular weight excluding hydrogens is 264 g/mol. The van der Waals surface area contributed by atoms with Crippen LogP contribution in [0.4, 0.5) is 11.4 Å². The fourth-order valence-electron chi connectivity index (χ4n) is 2.33. The minimum absolute atomic E-state index is 0.00860. The number of nitrogens with zero attached hydrogens (tertiary/aromatic N) is 2. The summed E-state index contributed by atoms with van der Waals surface area (Å²) in [5.41, 5.74) is 8.32. The predicted octanol–water partition coefficient (Wildman–Crippen LogP) is 1.79. The van der Waals surface area contributed by atoms with Gasteiger partial charge >= 0.3 is 0 Å². The number of rotatable bonds is 7. The van der Waals surface area contributed by atoms with Crippen LogP contribution in [0.15, 0.2) is 18.2 Å². The lowest BCUT2D eigenvalue weighted by molar-refractivity contribution is -0.117. The van der Waals surface area contributed by atoms with Crippen LogP contribution in [0.3, 0.4) is 0 Å². The molecule has 1 atom stereocenters. The lowest BCUT2D eigenvalue weighted by Crippen LogP contribution is -2.43. The molecule has 0 aliphatic rings. The molecule has 1 rings (SSSR count). The fraction of sp³-hybridized carbons (Fsp3) is 0.562. The zero-order valence-electron chi connectivity index (χ0n) is 13.8. The first-order valence-corrected chi connectivity index (χ1v) is 7.38. The summed E-state index contributed by atoms with van der Waals surface area (Å²) in [6, 6.07) is 5.92. The summed E-state index contributed by atoms with van der Waals surface area (Å²) in [5, 5.41) is 2.91. The molecule has 1 aromatic rings. The van der Waals surface area contributed by atoms with Crippen LogP contribution in [-0.4, -0.2) is 55.5 Å². The van der Waals surface area contributed by atoms with Crippen molar-refractivity contribution in [1.82, 2.24) is 9.80 Å². The second kappa shape index (κ2) is 8.00. The monoisotopic (exact) mass is 292 g/mol. The highest BCUT2D eigenvalue weighted by Gasteiger charge is 2.16. The van der Waals surface area contributed by atoms with E-state index in [1.807, 2.05) is 33.2 Å². The Hall–Kier alpha value is -1.59. The zero-order valence-corrected chi connectivity index (χ0v) is 13.8. The number of amides is 1. The number of anilines is 2. The summed E-state index contributed by atoms with van der Waals surface area (Å²) in [6.45, 7) is 8.32. The van der Waals surface area contributed by atoms with Gasteiger partial charge < -0.3 is 16.0 Å². The van der Waals surface area contributed by atoms with Crippen LogP contribution in [0.5, 0.6) is 0 Å². The van der Waals surface area contributed by atoms with E-state index in [0.29, 0.717) is 18.3 Å². The van der Waals surface area contributed by atoms with Gasteiger partial charge in [-0.2, -0.15) is 0 Å². The molecule has 0 aromatic heterocycles. The predicted molar refractivity (Wildman–Crippen MR) is 89.5 cm³/mol. The highest BCUT2D eigenvalue weighted by molar-refractivity contribution is 5.92. The Bertz CT molecular complexity index is 473. The number of carbonyl (C=O) groups excluding carboxylic acids is 1. The van der Waals surface area contributed by atoms with E-state index >= 15 is 0 Å². The number of nitrogens with two attached hydrogens (primary N) is 1. The second-order valence-corrected chi connectivity index (χ2v) is 5.79. The van der Waals surface area contributed by atoms with Gasteiger partial charge in [0.2, 0.25) is 5.91 Å². The highest BCUT2D eigenvalue weighted by atomic mass is 16.2. The number of hydrogen-bond donors (Lipinski definition) is 2. The Morgan fingerprint density at radius 3 is 2.57 bits per heavy atom. The molecule has 1 aromatic carbocycles. The normalized spacial score (nSPS) is 12.7. The van der Waals surface area contributed by atoms with Crippen molar-refractivity contribution in [2.45, 2.75) is 26.8 Å². The summed E-state index contributed by atoms with van der Waals surface area (Å²) < 4.78 is 0. The van der Waals surface area contributed by atoms with E-state index in [2.05, 4.69) is 29.0 Å². The molecule has 118 valence electrons. The van der Waals surface area contributed by atoms with Gasteiger partial charge in [-0.15, -0.1) is 0 Å². The molecule has 0 saturated heterocycles. The fourth-order valence-corrected chi connectivity index (χ4v) is 2.33. The van der Waals surface area contributed by atoms with Crippen molar-refractivity contribution in [3.63, 3.8) is 0 Å². The van der Waals surface area contributed by atoms with Crippen LogP contribution in [0.1, 0.15) is 19.4 Å². The first-order valence-electron chi connectivity index (χ1n) is 7.38. The summed E-state index contributed by atoms with van der Waals surface area (Å²) in [4.78, 5) is 16.5. The van der Waals surface area contributed by atoms with Gasteiger partial charge in [-0.3, -0.25) is 9.69 Å². The molecule has 21 heavy (non-hydrogen) atoms. The molecule has 0 spiro atoms. The lowest BCUT2D eigenvalue weighted by Gasteiger charge is -2.29. The SMILES string of the molecule is CCN(CC(=O)Nc1ccc(C)c(N)c1)C(C)CN(C)C. The number of hydrogen-bond acceptors (Lipinski definition) is 4. The Kier molecular flexibility index (Phi) is 6.65. The van der Waals surface area contributed by atoms with Crippen molar-refractivity contribution < 1.29 is 4.79 Å². The van der Waals surface area contributed by atoms with Crippen LogP contribution >= 0.6 is 0 Å². The molecule has 5 heteroatoms. The third-order valence-corrected chi connectivity index (χ3v) is 3.57. The van der Waals surface area contributed by atoms with Crippen LogP contribution in [-0.2, 0) is 4.79 Å². The maximum atomic E-state index is 12.2. The van der Waals surface area contributed by atoms with Crippen molar-refractivity contribution >= 4 is 17.3 Å². The average Bonchev–Trinajstić information content (AvgIpc) is 2.39. The quantitative estimate of drug-likeness (QED) is 0.752. The molecule has 0 bridgehead atoms. The largest absolute Gasteiger partial charge is 0.398 e. The van der Waals surface area contributed by atoms with Gasteiger partial charge in [0.25, 0.3) is 0 Å². The van der Waals surface area contributed by atoms with Crippen molar-refractivity contribution in [3.8, 4) is 0 Å². The summed E-state index contributed by atoms with van der Waals surface area (Å²) in [7, 11) is 4.08. The number of likely N-dealkylation sites (N-methyl/N-ethyl adjacent to an activating group) is 2. The molecule has 0 fully saturated rings. The Labute approximate surface area is 128 Å². The smallest absolute Gasteiger partial charge is 0.238 e. The summed E-state index contributed by atoms with van der Waals surface area (Å²) in [5.74, 6) is -0.00860. The van der Waals surface area contributed by atoms with Gasteiger partial charge in [0.05, 0.1) is 6.54 Å². The van der Waals surface area contributed by atoms with Gasteiger partial charge in [-0.25, -0.2) is 0 Å². The lowest BCUT2D eigenvalue weighted by atomic mass is 10.2. The Morgan fingerprint density at radius 1 is 1.38 bits per heavy atom. The van der Waals surface area contributed by atoms with E-state index < -0.39 is 0 Å². The molecule has 0 saturated carbocycles. The first-order chi connectivity index (χ1) is 9.83. The number of aryl methyl sites for hydroxylation is 1. The van der Waals surface area contributed by atoms with Crippen LogP contribution < -0.4 is 11.1 Å². The van der Waals surface area contributed by atoms with E-state index in [9.17, 15) is 4.79 Å². The molecule has 3 N–H and O–H groups in total. The number of nitrogen functional groups attached to an aromatic ring is 1. The number of carbonyl (C=O) groups is 1. The zero-order chi connectivity index (χ0) is 16.0. The summed E-state index contributed by atoms with van der Waals surface area (Å²) >= 11 is 0. The van der Waals surface area contributed by atoms with E-state index in [4.69, 9.17) is 5.73 Å². The van der Waals surface area contributed by atoms with Gasteiger partial charge in [0.1, 0.15) is 0 Å². The Morgan fingerprint density at radius 2 is 2.05 bits per heavy atom. The van der Waals surface area contributed by atoms with E-state index in [0.717, 1.165) is 24.3 Å². The standard InChI is InChI=1S/C16H28N4O/c1-6-20(13(3)10-19(4)5)11-16(21)18-14-8-7-12(2)15(17)9-14/h7-9,13H,6,10-11,17H2,1-5H3,(H,18,21). The summed E-state index contributed by atoms with van der Waals surface area (Å²) in [6.07, 6.45) is 0. The van der Waals surface area contributed by atoms with Gasteiger partial charge in [-0.1, -0.05) is 13.0 Å².